The number of rotatable bonds is 4. The lowest BCUT2D eigenvalue weighted by Crippen LogP contribution is -1.93. The van der Waals surface area contributed by atoms with Crippen molar-refractivity contribution < 1.29 is 4.79 Å². The fourth-order valence-electron chi connectivity index (χ4n) is 1.89. The van der Waals surface area contributed by atoms with Crippen molar-refractivity contribution in [2.45, 2.75) is 26.7 Å². The summed E-state index contributed by atoms with van der Waals surface area (Å²) in [5.74, 6) is 0.236. The molecule has 0 aliphatic heterocycles. The monoisotopic (exact) mass is 278 g/mol. The van der Waals surface area contributed by atoms with Crippen LogP contribution in [-0.2, 0) is 0 Å². The number of carbonyl (C=O) groups excluding carboxylic acids is 1. The van der Waals surface area contributed by atoms with Gasteiger partial charge >= 0.3 is 0 Å². The van der Waals surface area contributed by atoms with Crippen LogP contribution in [0.3, 0.4) is 0 Å². The molecule has 2 aromatic rings. The Bertz CT molecular complexity index is 572. The van der Waals surface area contributed by atoms with Crippen LogP contribution >= 0.6 is 22.9 Å². The Balaban J connectivity index is 2.32. The second-order valence-corrected chi connectivity index (χ2v) is 5.82. The molecule has 1 nitrogen and oxygen atoms in total. The molecule has 0 aliphatic carbocycles. The van der Waals surface area contributed by atoms with Crippen molar-refractivity contribution in [2.24, 2.45) is 0 Å². The number of benzene rings is 1. The van der Waals surface area contributed by atoms with Gasteiger partial charge in [0, 0.05) is 16.3 Å². The van der Waals surface area contributed by atoms with Crippen molar-refractivity contribution >= 4 is 28.7 Å². The number of aryl methyl sites for hydroxylation is 1. The first-order valence-corrected chi connectivity index (χ1v) is 7.21. The third-order valence-electron chi connectivity index (χ3n) is 2.81. The topological polar surface area (TPSA) is 17.1 Å². The Morgan fingerprint density at radius 2 is 2.06 bits per heavy atom. The number of hydrogen-bond donors (Lipinski definition) is 0. The zero-order valence-electron chi connectivity index (χ0n) is 10.5. The second-order valence-electron chi connectivity index (χ2n) is 4.30. The van der Waals surface area contributed by atoms with Gasteiger partial charge in [-0.05, 0) is 48.7 Å². The number of ketones is 1. The van der Waals surface area contributed by atoms with Gasteiger partial charge in [-0.2, -0.15) is 0 Å². The molecule has 0 bridgehead atoms. The van der Waals surface area contributed by atoms with Gasteiger partial charge in [-0.15, -0.1) is 11.3 Å². The first kappa shape index (κ1) is 13.3. The summed E-state index contributed by atoms with van der Waals surface area (Å²) in [6.07, 6.45) is 1.52. The molecule has 1 aromatic heterocycles. The summed E-state index contributed by atoms with van der Waals surface area (Å²) >= 11 is 7.51. The van der Waals surface area contributed by atoms with Crippen LogP contribution in [0.2, 0.25) is 5.02 Å². The molecule has 0 radical (unpaired) electrons. The number of halogens is 1. The van der Waals surface area contributed by atoms with E-state index >= 15 is 0 Å². The highest BCUT2D eigenvalue weighted by molar-refractivity contribution is 7.17. The maximum Gasteiger partial charge on any atom is 0.172 e. The predicted octanol–water partition coefficient (Wildman–Crippen LogP) is 5.36. The molecule has 1 heterocycles. The largest absolute Gasteiger partial charge is 0.293 e. The Labute approximate surface area is 116 Å². The molecule has 0 atom stereocenters. The van der Waals surface area contributed by atoms with Crippen LogP contribution in [0.1, 0.15) is 35.0 Å². The van der Waals surface area contributed by atoms with Crippen LogP contribution < -0.4 is 0 Å². The smallest absolute Gasteiger partial charge is 0.172 e. The minimum atomic E-state index is 0.236. The van der Waals surface area contributed by atoms with Gasteiger partial charge in [0.05, 0.1) is 4.88 Å². The van der Waals surface area contributed by atoms with Crippen LogP contribution in [0.15, 0.2) is 30.3 Å². The molecule has 0 N–H and O–H groups in total. The van der Waals surface area contributed by atoms with Crippen LogP contribution in [0.5, 0.6) is 0 Å². The highest BCUT2D eigenvalue weighted by Gasteiger charge is 2.10. The highest BCUT2D eigenvalue weighted by atomic mass is 35.5. The lowest BCUT2D eigenvalue weighted by atomic mass is 10.1. The Morgan fingerprint density at radius 1 is 1.28 bits per heavy atom. The van der Waals surface area contributed by atoms with Gasteiger partial charge in [-0.3, -0.25) is 4.79 Å². The molecular formula is C15H15ClOS. The average Bonchev–Trinajstić information content (AvgIpc) is 2.78. The van der Waals surface area contributed by atoms with Crippen molar-refractivity contribution in [1.29, 1.82) is 0 Å². The normalized spacial score (nSPS) is 10.6. The molecule has 0 fully saturated rings. The van der Waals surface area contributed by atoms with E-state index in [1.165, 1.54) is 0 Å². The molecule has 0 amide bonds. The fraction of sp³-hybridized carbons (Fsp3) is 0.267. The first-order chi connectivity index (χ1) is 8.61. The molecule has 0 unspecified atom stereocenters. The zero-order chi connectivity index (χ0) is 13.1. The minimum Gasteiger partial charge on any atom is -0.293 e. The summed E-state index contributed by atoms with van der Waals surface area (Å²) in [7, 11) is 0. The Hall–Kier alpha value is -1.12. The molecule has 94 valence electrons. The maximum absolute atomic E-state index is 11.8. The van der Waals surface area contributed by atoms with E-state index in [0.29, 0.717) is 6.42 Å². The molecule has 18 heavy (non-hydrogen) atoms. The van der Waals surface area contributed by atoms with Crippen molar-refractivity contribution in [3.05, 3.63) is 45.8 Å². The number of Topliss-reactive ketones (excluding diaryl/α,β-unsaturated/α-hetero) is 1. The van der Waals surface area contributed by atoms with Crippen LogP contribution in [0.25, 0.3) is 10.4 Å². The van der Waals surface area contributed by atoms with Gasteiger partial charge in [-0.1, -0.05) is 24.6 Å². The third-order valence-corrected chi connectivity index (χ3v) is 4.21. The van der Waals surface area contributed by atoms with E-state index in [2.05, 4.69) is 0 Å². The summed E-state index contributed by atoms with van der Waals surface area (Å²) in [6, 6.07) is 9.79. The van der Waals surface area contributed by atoms with E-state index in [0.717, 1.165) is 32.3 Å². The Kier molecular flexibility index (Phi) is 4.20. The summed E-state index contributed by atoms with van der Waals surface area (Å²) in [4.78, 5) is 13.8. The van der Waals surface area contributed by atoms with Gasteiger partial charge in [0.2, 0.25) is 0 Å². The van der Waals surface area contributed by atoms with Gasteiger partial charge in [0.25, 0.3) is 0 Å². The maximum atomic E-state index is 11.8. The molecule has 0 aliphatic rings. The predicted molar refractivity (Wildman–Crippen MR) is 78.7 cm³/mol. The minimum absolute atomic E-state index is 0.236. The van der Waals surface area contributed by atoms with E-state index in [-0.39, 0.29) is 5.78 Å². The number of hydrogen-bond acceptors (Lipinski definition) is 2. The SMILES string of the molecule is CCCC(=O)c1ccc(-c2ccc(Cl)cc2C)s1. The highest BCUT2D eigenvalue weighted by Crippen LogP contribution is 2.32. The molecule has 0 spiro atoms. The Morgan fingerprint density at radius 3 is 2.72 bits per heavy atom. The van der Waals surface area contributed by atoms with Crippen LogP contribution in [0.4, 0.5) is 0 Å². The fourth-order valence-corrected chi connectivity index (χ4v) is 3.18. The van der Waals surface area contributed by atoms with E-state index < -0.39 is 0 Å². The van der Waals surface area contributed by atoms with Crippen LogP contribution in [-0.4, -0.2) is 5.78 Å². The van der Waals surface area contributed by atoms with Gasteiger partial charge in [-0.25, -0.2) is 0 Å². The molecule has 0 saturated heterocycles. The number of carbonyl (C=O) groups is 1. The van der Waals surface area contributed by atoms with Gasteiger partial charge < -0.3 is 0 Å². The standard InChI is InChI=1S/C15H15ClOS/c1-3-4-13(17)15-8-7-14(18-15)12-6-5-11(16)9-10(12)2/h5-9H,3-4H2,1-2H3. The zero-order valence-corrected chi connectivity index (χ0v) is 12.1. The van der Waals surface area contributed by atoms with E-state index in [1.807, 2.05) is 44.2 Å². The van der Waals surface area contributed by atoms with Crippen molar-refractivity contribution in [1.82, 2.24) is 0 Å². The van der Waals surface area contributed by atoms with Gasteiger partial charge in [0.1, 0.15) is 0 Å². The molecule has 1 aromatic carbocycles. The molecule has 3 heteroatoms. The average molecular weight is 279 g/mol. The van der Waals surface area contributed by atoms with Crippen molar-refractivity contribution in [2.75, 3.05) is 0 Å². The molecule has 0 saturated carbocycles. The molecular weight excluding hydrogens is 264 g/mol. The van der Waals surface area contributed by atoms with Crippen molar-refractivity contribution in [3.8, 4) is 10.4 Å². The number of thiophene rings is 1. The quantitative estimate of drug-likeness (QED) is 0.688. The van der Waals surface area contributed by atoms with E-state index in [1.54, 1.807) is 11.3 Å². The lowest BCUT2D eigenvalue weighted by Gasteiger charge is -2.03. The molecule has 2 rings (SSSR count). The van der Waals surface area contributed by atoms with Gasteiger partial charge in [0.15, 0.2) is 5.78 Å². The summed E-state index contributed by atoms with van der Waals surface area (Å²) < 4.78 is 0. The van der Waals surface area contributed by atoms with Crippen LogP contribution in [0, 0.1) is 6.92 Å². The summed E-state index contributed by atoms with van der Waals surface area (Å²) in [6.45, 7) is 4.06. The van der Waals surface area contributed by atoms with Crippen molar-refractivity contribution in [3.63, 3.8) is 0 Å². The third kappa shape index (κ3) is 2.82. The second kappa shape index (κ2) is 5.68. The first-order valence-electron chi connectivity index (χ1n) is 6.01. The lowest BCUT2D eigenvalue weighted by molar-refractivity contribution is 0.0985. The summed E-state index contributed by atoms with van der Waals surface area (Å²) in [5, 5.41) is 0.745. The summed E-state index contributed by atoms with van der Waals surface area (Å²) in [5.41, 5.74) is 2.29. The van der Waals surface area contributed by atoms with E-state index in [9.17, 15) is 4.79 Å². The van der Waals surface area contributed by atoms with E-state index in [4.69, 9.17) is 11.6 Å².